The van der Waals surface area contributed by atoms with Gasteiger partial charge in [0.15, 0.2) is 5.65 Å². The van der Waals surface area contributed by atoms with Crippen molar-refractivity contribution in [2.75, 3.05) is 13.1 Å². The highest BCUT2D eigenvalue weighted by atomic mass is 16.2. The minimum absolute atomic E-state index is 0.0601. The fourth-order valence-corrected chi connectivity index (χ4v) is 3.74. The third-order valence-electron chi connectivity index (χ3n) is 5.51. The Labute approximate surface area is 166 Å². The van der Waals surface area contributed by atoms with Crippen molar-refractivity contribution < 1.29 is 9.59 Å². The molecule has 1 aliphatic heterocycles. The van der Waals surface area contributed by atoms with E-state index in [1.807, 2.05) is 36.4 Å². The molecule has 1 N–H and O–H groups in total. The molecule has 0 bridgehead atoms. The van der Waals surface area contributed by atoms with Gasteiger partial charge in [-0.05, 0) is 46.1 Å². The first kappa shape index (κ1) is 20.3. The van der Waals surface area contributed by atoms with Gasteiger partial charge in [-0.3, -0.25) is 9.59 Å². The van der Waals surface area contributed by atoms with E-state index in [-0.39, 0.29) is 29.8 Å². The van der Waals surface area contributed by atoms with Crippen molar-refractivity contribution in [3.63, 3.8) is 0 Å². The highest BCUT2D eigenvalue weighted by Crippen LogP contribution is 2.25. The quantitative estimate of drug-likeness (QED) is 0.775. The Bertz CT molecular complexity index is 844. The van der Waals surface area contributed by atoms with E-state index in [1.165, 1.54) is 0 Å². The number of fused-ring (bicyclic) bond motifs is 1. The second-order valence-electron chi connectivity index (χ2n) is 8.05. The molecule has 0 aliphatic carbocycles. The van der Waals surface area contributed by atoms with Crippen molar-refractivity contribution in [2.45, 2.75) is 65.5 Å². The molecule has 0 saturated carbocycles. The summed E-state index contributed by atoms with van der Waals surface area (Å²) in [6.45, 7) is 9.41. The molecule has 3 rings (SSSR count). The molecule has 0 aromatic carbocycles. The summed E-state index contributed by atoms with van der Waals surface area (Å²) in [5.74, 6) is -0.146. The summed E-state index contributed by atoms with van der Waals surface area (Å²) >= 11 is 0. The van der Waals surface area contributed by atoms with Gasteiger partial charge >= 0.3 is 0 Å². The molecule has 0 spiro atoms. The predicted molar refractivity (Wildman–Crippen MR) is 109 cm³/mol. The van der Waals surface area contributed by atoms with Crippen LogP contribution in [0.3, 0.4) is 0 Å². The Morgan fingerprint density at radius 3 is 2.79 bits per heavy atom. The Morgan fingerprint density at radius 1 is 1.29 bits per heavy atom. The molecule has 0 radical (unpaired) electrons. The Balaban J connectivity index is 1.74. The summed E-state index contributed by atoms with van der Waals surface area (Å²) in [6.07, 6.45) is 7.06. The number of hydrogen-bond acceptors (Lipinski definition) is 4. The minimum Gasteiger partial charge on any atom is -0.356 e. The third-order valence-corrected chi connectivity index (χ3v) is 5.51. The minimum atomic E-state index is -0.141. The zero-order valence-corrected chi connectivity index (χ0v) is 17.3. The first-order chi connectivity index (χ1) is 13.4. The van der Waals surface area contributed by atoms with Crippen molar-refractivity contribution in [1.29, 1.82) is 0 Å². The lowest BCUT2D eigenvalue weighted by Gasteiger charge is -2.37. The van der Waals surface area contributed by atoms with E-state index in [4.69, 9.17) is 0 Å². The SMILES string of the molecule is CCCCNC(=O)C1CCC(C)N(C(=O)c2cnc3c(cnn3C(C)C)c2)C1. The zero-order chi connectivity index (χ0) is 20.3. The van der Waals surface area contributed by atoms with Gasteiger partial charge in [0.2, 0.25) is 5.91 Å². The normalized spacial score (nSPS) is 20.0. The standard InChI is InChI=1S/C21H31N5O2/c1-5-6-9-22-20(27)16-8-7-15(4)25(13-16)21(28)18-10-17-12-24-26(14(2)3)19(17)23-11-18/h10-12,14-16H,5-9,13H2,1-4H3,(H,22,27). The number of unbranched alkanes of at least 4 members (excludes halogenated alkanes) is 1. The van der Waals surface area contributed by atoms with Crippen LogP contribution in [0.1, 0.15) is 69.8 Å². The molecular weight excluding hydrogens is 354 g/mol. The molecule has 2 aromatic rings. The molecule has 7 nitrogen and oxygen atoms in total. The van der Waals surface area contributed by atoms with Crippen LogP contribution in [0.4, 0.5) is 0 Å². The number of carbonyl (C=O) groups is 2. The Kier molecular flexibility index (Phi) is 6.31. The summed E-state index contributed by atoms with van der Waals surface area (Å²) in [7, 11) is 0. The van der Waals surface area contributed by atoms with Crippen LogP contribution in [-0.2, 0) is 4.79 Å². The highest BCUT2D eigenvalue weighted by Gasteiger charge is 2.33. The van der Waals surface area contributed by atoms with Gasteiger partial charge in [-0.2, -0.15) is 5.10 Å². The molecule has 3 heterocycles. The Morgan fingerprint density at radius 2 is 2.07 bits per heavy atom. The van der Waals surface area contributed by atoms with E-state index >= 15 is 0 Å². The summed E-state index contributed by atoms with van der Waals surface area (Å²) < 4.78 is 1.85. The second-order valence-corrected chi connectivity index (χ2v) is 8.05. The van der Waals surface area contributed by atoms with Crippen molar-refractivity contribution in [3.05, 3.63) is 24.0 Å². The lowest BCUT2D eigenvalue weighted by atomic mass is 9.92. The molecule has 1 aliphatic rings. The van der Waals surface area contributed by atoms with Crippen LogP contribution in [0.15, 0.2) is 18.5 Å². The van der Waals surface area contributed by atoms with Gasteiger partial charge in [0.05, 0.1) is 17.7 Å². The first-order valence-corrected chi connectivity index (χ1v) is 10.3. The van der Waals surface area contributed by atoms with Gasteiger partial charge in [-0.15, -0.1) is 0 Å². The lowest BCUT2D eigenvalue weighted by molar-refractivity contribution is -0.126. The average Bonchev–Trinajstić information content (AvgIpc) is 3.11. The first-order valence-electron chi connectivity index (χ1n) is 10.3. The molecule has 2 aromatic heterocycles. The number of hydrogen-bond donors (Lipinski definition) is 1. The number of pyridine rings is 1. The van der Waals surface area contributed by atoms with Gasteiger partial charge < -0.3 is 10.2 Å². The fraction of sp³-hybridized carbons (Fsp3) is 0.619. The molecule has 152 valence electrons. The maximum absolute atomic E-state index is 13.2. The van der Waals surface area contributed by atoms with Crippen molar-refractivity contribution in [1.82, 2.24) is 25.0 Å². The van der Waals surface area contributed by atoms with Gasteiger partial charge in [0.1, 0.15) is 0 Å². The topological polar surface area (TPSA) is 80.1 Å². The molecule has 1 saturated heterocycles. The van der Waals surface area contributed by atoms with E-state index in [0.29, 0.717) is 18.7 Å². The number of likely N-dealkylation sites (tertiary alicyclic amines) is 1. The molecule has 1 fully saturated rings. The van der Waals surface area contributed by atoms with Gasteiger partial charge in [-0.1, -0.05) is 13.3 Å². The van der Waals surface area contributed by atoms with Crippen molar-refractivity contribution >= 4 is 22.8 Å². The largest absolute Gasteiger partial charge is 0.356 e. The number of piperidine rings is 1. The van der Waals surface area contributed by atoms with E-state index in [9.17, 15) is 9.59 Å². The monoisotopic (exact) mass is 385 g/mol. The summed E-state index contributed by atoms with van der Waals surface area (Å²) in [6, 6.07) is 2.18. The average molecular weight is 386 g/mol. The summed E-state index contributed by atoms with van der Waals surface area (Å²) in [4.78, 5) is 31.9. The number of rotatable bonds is 6. The van der Waals surface area contributed by atoms with Crippen LogP contribution in [0.25, 0.3) is 11.0 Å². The smallest absolute Gasteiger partial charge is 0.255 e. The van der Waals surface area contributed by atoms with Crippen LogP contribution in [0, 0.1) is 5.92 Å². The van der Waals surface area contributed by atoms with E-state index in [2.05, 4.69) is 22.3 Å². The third kappa shape index (κ3) is 4.18. The van der Waals surface area contributed by atoms with Crippen molar-refractivity contribution in [2.24, 2.45) is 5.92 Å². The summed E-state index contributed by atoms with van der Waals surface area (Å²) in [5, 5.41) is 8.23. The lowest BCUT2D eigenvalue weighted by Crippen LogP contribution is -2.49. The maximum Gasteiger partial charge on any atom is 0.255 e. The molecule has 2 unspecified atom stereocenters. The number of nitrogens with one attached hydrogen (secondary N) is 1. The number of amides is 2. The van der Waals surface area contributed by atoms with E-state index in [1.54, 1.807) is 12.4 Å². The fourth-order valence-electron chi connectivity index (χ4n) is 3.74. The summed E-state index contributed by atoms with van der Waals surface area (Å²) in [5.41, 5.74) is 1.33. The number of aromatic nitrogens is 3. The van der Waals surface area contributed by atoms with Crippen molar-refractivity contribution in [3.8, 4) is 0 Å². The number of carbonyl (C=O) groups excluding carboxylic acids is 2. The molecule has 28 heavy (non-hydrogen) atoms. The van der Waals surface area contributed by atoms with Gasteiger partial charge in [0.25, 0.3) is 5.91 Å². The molecule has 2 amide bonds. The Hall–Kier alpha value is -2.44. The predicted octanol–water partition coefficient (Wildman–Crippen LogP) is 3.17. The second kappa shape index (κ2) is 8.71. The van der Waals surface area contributed by atoms with Crippen LogP contribution in [-0.4, -0.2) is 50.6 Å². The van der Waals surface area contributed by atoms with Crippen LogP contribution < -0.4 is 5.32 Å². The van der Waals surface area contributed by atoms with E-state index in [0.717, 1.165) is 36.7 Å². The highest BCUT2D eigenvalue weighted by molar-refractivity contribution is 5.97. The molecule has 7 heteroatoms. The zero-order valence-electron chi connectivity index (χ0n) is 17.3. The molecule has 2 atom stereocenters. The van der Waals surface area contributed by atoms with Crippen LogP contribution >= 0.6 is 0 Å². The maximum atomic E-state index is 13.2. The van der Waals surface area contributed by atoms with E-state index < -0.39 is 0 Å². The molecular formula is C21H31N5O2. The van der Waals surface area contributed by atoms with Gasteiger partial charge in [-0.25, -0.2) is 9.67 Å². The number of nitrogens with zero attached hydrogens (tertiary/aromatic N) is 4. The van der Waals surface area contributed by atoms with Gasteiger partial charge in [0, 0.05) is 36.8 Å². The van der Waals surface area contributed by atoms with Crippen LogP contribution in [0.2, 0.25) is 0 Å². The van der Waals surface area contributed by atoms with Crippen LogP contribution in [0.5, 0.6) is 0 Å².